The quantitative estimate of drug-likeness (QED) is 0.592. The summed E-state index contributed by atoms with van der Waals surface area (Å²) < 4.78 is 10.9. The van der Waals surface area contributed by atoms with Gasteiger partial charge in [0.1, 0.15) is 0 Å². The summed E-state index contributed by atoms with van der Waals surface area (Å²) in [6.45, 7) is 2.16. The van der Waals surface area contributed by atoms with Crippen LogP contribution in [0.2, 0.25) is 0 Å². The maximum atomic E-state index is 11.2. The first-order valence-electron chi connectivity index (χ1n) is 4.28. The van der Waals surface area contributed by atoms with Crippen molar-refractivity contribution in [2.24, 2.45) is 5.73 Å². The van der Waals surface area contributed by atoms with Crippen molar-refractivity contribution in [3.8, 4) is 12.3 Å². The molecule has 0 saturated carbocycles. The fourth-order valence-electron chi connectivity index (χ4n) is 0.712. The van der Waals surface area contributed by atoms with E-state index in [-0.39, 0.29) is 17.6 Å². The Morgan fingerprint density at radius 3 is 2.71 bits per heavy atom. The highest BCUT2D eigenvalue weighted by Gasteiger charge is 2.13. The number of nitrogens with one attached hydrogen (secondary N) is 1. The highest BCUT2D eigenvalue weighted by molar-refractivity contribution is 7.84. The fourth-order valence-corrected chi connectivity index (χ4v) is 1.03. The van der Waals surface area contributed by atoms with Gasteiger partial charge in [0.05, 0.1) is 6.04 Å². The van der Waals surface area contributed by atoms with E-state index < -0.39 is 16.8 Å². The minimum Gasteiger partial charge on any atom is -0.354 e. The summed E-state index contributed by atoms with van der Waals surface area (Å²) in [6.07, 6.45) is 6.83. The summed E-state index contributed by atoms with van der Waals surface area (Å²) in [6, 6.07) is -0.669. The lowest BCUT2D eigenvalue weighted by atomic mass is 10.2. The number of nitrogens with two attached hydrogens (primary N) is 1. The van der Waals surface area contributed by atoms with Crippen LogP contribution >= 0.6 is 0 Å². The second-order valence-corrected chi connectivity index (χ2v) is 4.87. The van der Waals surface area contributed by atoms with Crippen LogP contribution in [-0.2, 0) is 15.6 Å². The number of terminal acetylenes is 1. The van der Waals surface area contributed by atoms with Crippen molar-refractivity contribution < 1.29 is 9.00 Å². The maximum absolute atomic E-state index is 11.2. The Bertz CT molecular complexity index is 260. The predicted molar refractivity (Wildman–Crippen MR) is 58.0 cm³/mol. The number of rotatable bonds is 5. The second-order valence-electron chi connectivity index (χ2n) is 3.07. The molecule has 0 radical (unpaired) electrons. The van der Waals surface area contributed by atoms with E-state index in [0.717, 1.165) is 0 Å². The molecule has 3 atom stereocenters. The van der Waals surface area contributed by atoms with E-state index in [1.807, 2.05) is 0 Å². The van der Waals surface area contributed by atoms with E-state index in [1.165, 1.54) is 0 Å². The van der Waals surface area contributed by atoms with E-state index >= 15 is 0 Å². The standard InChI is InChI=1S/C9H16N2O2S/c1-4-5-8(10)9(12)11-6-7(2)14(3)13/h1,7-8H,5-6,10H2,2-3H3,(H,11,12). The fraction of sp³-hybridized carbons (Fsp3) is 0.667. The van der Waals surface area contributed by atoms with Gasteiger partial charge in [0.15, 0.2) is 0 Å². The van der Waals surface area contributed by atoms with E-state index in [1.54, 1.807) is 13.2 Å². The average molecular weight is 216 g/mol. The van der Waals surface area contributed by atoms with Gasteiger partial charge in [-0.15, -0.1) is 12.3 Å². The third kappa shape index (κ3) is 5.00. The Labute approximate surface area is 87.1 Å². The van der Waals surface area contributed by atoms with Crippen LogP contribution < -0.4 is 11.1 Å². The van der Waals surface area contributed by atoms with Crippen molar-refractivity contribution in [2.45, 2.75) is 24.6 Å². The molecule has 0 aromatic carbocycles. The number of hydrogen-bond donors (Lipinski definition) is 2. The molecule has 0 aliphatic heterocycles. The molecular formula is C9H16N2O2S. The first-order chi connectivity index (χ1) is 6.49. The average Bonchev–Trinajstić information content (AvgIpc) is 2.13. The minimum absolute atomic E-state index is 0.0722. The van der Waals surface area contributed by atoms with E-state index in [0.29, 0.717) is 6.54 Å². The minimum atomic E-state index is -0.940. The highest BCUT2D eigenvalue weighted by atomic mass is 32.2. The van der Waals surface area contributed by atoms with Gasteiger partial charge in [0.2, 0.25) is 5.91 Å². The molecule has 0 aliphatic carbocycles. The van der Waals surface area contributed by atoms with Gasteiger partial charge < -0.3 is 11.1 Å². The molecule has 3 N–H and O–H groups in total. The number of carbonyl (C=O) groups is 1. The Kier molecular flexibility index (Phi) is 6.17. The molecule has 0 heterocycles. The molecule has 0 fully saturated rings. The zero-order valence-corrected chi connectivity index (χ0v) is 9.26. The van der Waals surface area contributed by atoms with Crippen molar-refractivity contribution in [3.05, 3.63) is 0 Å². The van der Waals surface area contributed by atoms with Crippen molar-refractivity contribution in [1.29, 1.82) is 0 Å². The second kappa shape index (κ2) is 6.57. The van der Waals surface area contributed by atoms with Crippen LogP contribution in [0.1, 0.15) is 13.3 Å². The van der Waals surface area contributed by atoms with Crippen LogP contribution in [0.4, 0.5) is 0 Å². The summed E-state index contributed by atoms with van der Waals surface area (Å²) in [5.74, 6) is 2.02. The van der Waals surface area contributed by atoms with Crippen molar-refractivity contribution in [1.82, 2.24) is 5.32 Å². The first kappa shape index (κ1) is 13.1. The molecule has 80 valence electrons. The van der Waals surface area contributed by atoms with Crippen LogP contribution in [0.15, 0.2) is 0 Å². The van der Waals surface area contributed by atoms with Crippen molar-refractivity contribution in [2.75, 3.05) is 12.8 Å². The molecule has 0 aliphatic rings. The topological polar surface area (TPSA) is 72.2 Å². The summed E-state index contributed by atoms with van der Waals surface area (Å²) in [5.41, 5.74) is 5.46. The van der Waals surface area contributed by atoms with Crippen LogP contribution in [-0.4, -0.2) is 34.2 Å². The Morgan fingerprint density at radius 2 is 2.29 bits per heavy atom. The van der Waals surface area contributed by atoms with Crippen LogP contribution in [0.3, 0.4) is 0 Å². The highest BCUT2D eigenvalue weighted by Crippen LogP contribution is 1.91. The van der Waals surface area contributed by atoms with Gasteiger partial charge >= 0.3 is 0 Å². The maximum Gasteiger partial charge on any atom is 0.237 e. The molecule has 4 nitrogen and oxygen atoms in total. The normalized spacial score (nSPS) is 16.4. The molecule has 3 unspecified atom stereocenters. The summed E-state index contributed by atoms with van der Waals surface area (Å²) in [4.78, 5) is 11.2. The molecule has 0 spiro atoms. The van der Waals surface area contributed by atoms with E-state index in [2.05, 4.69) is 11.2 Å². The smallest absolute Gasteiger partial charge is 0.237 e. The largest absolute Gasteiger partial charge is 0.354 e. The zero-order chi connectivity index (χ0) is 11.1. The van der Waals surface area contributed by atoms with Crippen LogP contribution in [0.25, 0.3) is 0 Å². The van der Waals surface area contributed by atoms with Crippen LogP contribution in [0, 0.1) is 12.3 Å². The lowest BCUT2D eigenvalue weighted by molar-refractivity contribution is -0.122. The van der Waals surface area contributed by atoms with Gasteiger partial charge in [-0.1, -0.05) is 0 Å². The lowest BCUT2D eigenvalue weighted by Gasteiger charge is -2.12. The monoisotopic (exact) mass is 216 g/mol. The number of hydrogen-bond acceptors (Lipinski definition) is 3. The molecule has 0 aromatic rings. The summed E-state index contributed by atoms with van der Waals surface area (Å²) in [7, 11) is -0.940. The van der Waals surface area contributed by atoms with Gasteiger partial charge in [-0.2, -0.15) is 0 Å². The SMILES string of the molecule is C#CCC(N)C(=O)NCC(C)S(C)=O. The zero-order valence-electron chi connectivity index (χ0n) is 8.45. The molecule has 0 saturated heterocycles. The van der Waals surface area contributed by atoms with Crippen molar-refractivity contribution >= 4 is 16.7 Å². The number of amides is 1. The Morgan fingerprint density at radius 1 is 1.71 bits per heavy atom. The molecular weight excluding hydrogens is 200 g/mol. The third-order valence-electron chi connectivity index (χ3n) is 1.80. The molecule has 1 amide bonds. The molecule has 5 heteroatoms. The van der Waals surface area contributed by atoms with Gasteiger partial charge in [0.25, 0.3) is 0 Å². The van der Waals surface area contributed by atoms with Crippen LogP contribution in [0.5, 0.6) is 0 Å². The predicted octanol–water partition coefficient (Wildman–Crippen LogP) is -0.780. The molecule has 0 bridgehead atoms. The molecule has 0 rings (SSSR count). The summed E-state index contributed by atoms with van der Waals surface area (Å²) in [5, 5.41) is 2.52. The molecule has 0 aromatic heterocycles. The Balaban J connectivity index is 3.85. The third-order valence-corrected chi connectivity index (χ3v) is 3.10. The van der Waals surface area contributed by atoms with Gasteiger partial charge in [-0.25, -0.2) is 0 Å². The lowest BCUT2D eigenvalue weighted by Crippen LogP contribution is -2.43. The van der Waals surface area contributed by atoms with E-state index in [9.17, 15) is 9.00 Å². The van der Waals surface area contributed by atoms with Gasteiger partial charge in [-0.05, 0) is 6.92 Å². The van der Waals surface area contributed by atoms with Gasteiger partial charge in [0, 0.05) is 35.3 Å². The van der Waals surface area contributed by atoms with Gasteiger partial charge in [-0.3, -0.25) is 9.00 Å². The molecule has 14 heavy (non-hydrogen) atoms. The Hall–Kier alpha value is -0.860. The first-order valence-corrected chi connectivity index (χ1v) is 5.90. The van der Waals surface area contributed by atoms with Crippen molar-refractivity contribution in [3.63, 3.8) is 0 Å². The van der Waals surface area contributed by atoms with E-state index in [4.69, 9.17) is 12.2 Å². The summed E-state index contributed by atoms with van der Waals surface area (Å²) >= 11 is 0. The number of carbonyl (C=O) groups excluding carboxylic acids is 1.